The van der Waals surface area contributed by atoms with Crippen molar-refractivity contribution < 1.29 is 13.5 Å². The fraction of sp³-hybridized carbons (Fsp3) is 0.0769. The van der Waals surface area contributed by atoms with Crippen molar-refractivity contribution in [3.05, 3.63) is 46.2 Å². The molecule has 0 saturated carbocycles. The van der Waals surface area contributed by atoms with Crippen LogP contribution in [0.2, 0.25) is 0 Å². The molecule has 2 rings (SSSR count). The summed E-state index contributed by atoms with van der Waals surface area (Å²) in [6.07, 6.45) is 1.26. The van der Waals surface area contributed by atoms with Crippen LogP contribution < -0.4 is 4.74 Å². The van der Waals surface area contributed by atoms with Gasteiger partial charge >= 0.3 is 0 Å². The molecule has 96 valence electrons. The van der Waals surface area contributed by atoms with Crippen LogP contribution in [-0.4, -0.2) is 12.1 Å². The highest BCUT2D eigenvalue weighted by Crippen LogP contribution is 2.39. The average molecular weight is 325 g/mol. The first-order chi connectivity index (χ1) is 9.10. The van der Waals surface area contributed by atoms with E-state index >= 15 is 0 Å². The van der Waals surface area contributed by atoms with Crippen molar-refractivity contribution >= 4 is 15.9 Å². The number of hydrogen-bond acceptors (Lipinski definition) is 3. The van der Waals surface area contributed by atoms with Gasteiger partial charge in [-0.3, -0.25) is 0 Å². The third-order valence-electron chi connectivity index (χ3n) is 2.52. The number of nitrogens with zero attached hydrogens (tertiary/aromatic N) is 2. The number of methoxy groups -OCH3 is 1. The van der Waals surface area contributed by atoms with E-state index in [9.17, 15) is 8.78 Å². The number of hydrogen-bond donors (Lipinski definition) is 0. The zero-order chi connectivity index (χ0) is 14.0. The van der Waals surface area contributed by atoms with Gasteiger partial charge in [-0.15, -0.1) is 0 Å². The summed E-state index contributed by atoms with van der Waals surface area (Å²) >= 11 is 3.00. The van der Waals surface area contributed by atoms with Crippen LogP contribution in [0.25, 0.3) is 11.1 Å². The molecule has 0 atom stereocenters. The highest BCUT2D eigenvalue weighted by atomic mass is 79.9. The molecule has 0 radical (unpaired) electrons. The highest BCUT2D eigenvalue weighted by Gasteiger charge is 2.22. The lowest BCUT2D eigenvalue weighted by atomic mass is 10.0. The number of benzene rings is 1. The smallest absolute Gasteiger partial charge is 0.220 e. The van der Waals surface area contributed by atoms with Crippen LogP contribution in [0.15, 0.2) is 28.9 Å². The summed E-state index contributed by atoms with van der Waals surface area (Å²) in [6, 6.07) is 6.01. The molecule has 0 bridgehead atoms. The van der Waals surface area contributed by atoms with Crippen molar-refractivity contribution in [3.63, 3.8) is 0 Å². The van der Waals surface area contributed by atoms with Crippen LogP contribution in [0.3, 0.4) is 0 Å². The van der Waals surface area contributed by atoms with E-state index in [1.54, 1.807) is 0 Å². The first kappa shape index (κ1) is 13.4. The van der Waals surface area contributed by atoms with E-state index < -0.39 is 11.8 Å². The van der Waals surface area contributed by atoms with Crippen molar-refractivity contribution in [1.82, 2.24) is 4.98 Å². The van der Waals surface area contributed by atoms with E-state index in [1.807, 2.05) is 6.07 Å². The van der Waals surface area contributed by atoms with Crippen LogP contribution in [0.1, 0.15) is 5.56 Å². The van der Waals surface area contributed by atoms with Crippen LogP contribution >= 0.6 is 15.9 Å². The minimum Gasteiger partial charge on any atom is -0.495 e. The molecule has 3 nitrogen and oxygen atoms in total. The van der Waals surface area contributed by atoms with E-state index in [1.165, 1.54) is 31.5 Å². The molecular weight excluding hydrogens is 318 g/mol. The lowest BCUT2D eigenvalue weighted by Crippen LogP contribution is -1.99. The number of halogens is 3. The maximum atomic E-state index is 14.2. The fourth-order valence-electron chi connectivity index (χ4n) is 1.72. The summed E-state index contributed by atoms with van der Waals surface area (Å²) < 4.78 is 33.0. The van der Waals surface area contributed by atoms with Gasteiger partial charge in [-0.25, -0.2) is 9.37 Å². The summed E-state index contributed by atoms with van der Waals surface area (Å²) in [4.78, 5) is 3.47. The van der Waals surface area contributed by atoms with E-state index in [0.717, 1.165) is 0 Å². The summed E-state index contributed by atoms with van der Waals surface area (Å²) in [5.41, 5.74) is -0.0808. The second-order valence-corrected chi connectivity index (χ2v) is 4.44. The zero-order valence-corrected chi connectivity index (χ0v) is 11.3. The van der Waals surface area contributed by atoms with Crippen molar-refractivity contribution in [2.45, 2.75) is 0 Å². The van der Waals surface area contributed by atoms with Crippen LogP contribution in [0, 0.1) is 23.1 Å². The third-order valence-corrected chi connectivity index (χ3v) is 3.10. The van der Waals surface area contributed by atoms with Gasteiger partial charge in [-0.1, -0.05) is 0 Å². The minimum atomic E-state index is -0.832. The molecule has 0 aliphatic carbocycles. The standard InChI is InChI=1S/C13H7BrF2N2O/c1-19-12-7(6-17)5-9(14)11(15)10(12)8-3-2-4-18-13(8)16/h2-5H,1H3. The van der Waals surface area contributed by atoms with Gasteiger partial charge in [0, 0.05) is 11.8 Å². The molecule has 0 saturated heterocycles. The number of aromatic nitrogens is 1. The first-order valence-corrected chi connectivity index (χ1v) is 5.96. The van der Waals surface area contributed by atoms with Gasteiger partial charge in [0.1, 0.15) is 17.6 Å². The fourth-order valence-corrected chi connectivity index (χ4v) is 2.14. The van der Waals surface area contributed by atoms with Crippen LogP contribution in [0.4, 0.5) is 8.78 Å². The molecule has 1 aromatic heterocycles. The van der Waals surface area contributed by atoms with Gasteiger partial charge in [0.05, 0.1) is 22.7 Å². The molecule has 0 amide bonds. The monoisotopic (exact) mass is 324 g/mol. The second kappa shape index (κ2) is 5.33. The summed E-state index contributed by atoms with van der Waals surface area (Å²) in [5, 5.41) is 9.02. The number of rotatable bonds is 2. The van der Waals surface area contributed by atoms with Gasteiger partial charge in [-0.05, 0) is 34.1 Å². The molecule has 0 aliphatic rings. The van der Waals surface area contributed by atoms with Gasteiger partial charge in [-0.2, -0.15) is 9.65 Å². The average Bonchev–Trinajstić information content (AvgIpc) is 2.42. The Morgan fingerprint density at radius 2 is 2.16 bits per heavy atom. The molecule has 6 heteroatoms. The van der Waals surface area contributed by atoms with Crippen molar-refractivity contribution in [2.24, 2.45) is 0 Å². The molecule has 1 aromatic carbocycles. The molecule has 1 heterocycles. The first-order valence-electron chi connectivity index (χ1n) is 5.17. The van der Waals surface area contributed by atoms with E-state index in [2.05, 4.69) is 20.9 Å². The lowest BCUT2D eigenvalue weighted by Gasteiger charge is -2.13. The number of pyridine rings is 1. The predicted octanol–water partition coefficient (Wildman–Crippen LogP) is 3.67. The van der Waals surface area contributed by atoms with Gasteiger partial charge in [0.2, 0.25) is 5.95 Å². The Bertz CT molecular complexity index is 683. The Morgan fingerprint density at radius 3 is 2.74 bits per heavy atom. The molecular formula is C13H7BrF2N2O. The number of ether oxygens (including phenoxy) is 1. The number of nitriles is 1. The second-order valence-electron chi connectivity index (χ2n) is 3.58. The zero-order valence-electron chi connectivity index (χ0n) is 9.75. The van der Waals surface area contributed by atoms with E-state index in [4.69, 9.17) is 10.00 Å². The van der Waals surface area contributed by atoms with E-state index in [-0.39, 0.29) is 26.9 Å². The Labute approximate surface area is 116 Å². The van der Waals surface area contributed by atoms with Crippen molar-refractivity contribution in [1.29, 1.82) is 5.26 Å². The lowest BCUT2D eigenvalue weighted by molar-refractivity contribution is 0.411. The predicted molar refractivity (Wildman–Crippen MR) is 68.6 cm³/mol. The van der Waals surface area contributed by atoms with Gasteiger partial charge in [0.15, 0.2) is 0 Å². The molecule has 0 unspecified atom stereocenters. The molecule has 0 fully saturated rings. The topological polar surface area (TPSA) is 45.9 Å². The quantitative estimate of drug-likeness (QED) is 0.792. The maximum Gasteiger partial charge on any atom is 0.220 e. The highest BCUT2D eigenvalue weighted by molar-refractivity contribution is 9.10. The molecule has 2 aromatic rings. The Hall–Kier alpha value is -2.00. The largest absolute Gasteiger partial charge is 0.495 e. The SMILES string of the molecule is COc1c(C#N)cc(Br)c(F)c1-c1cccnc1F. The summed E-state index contributed by atoms with van der Waals surface area (Å²) in [6.45, 7) is 0. The Morgan fingerprint density at radius 1 is 1.42 bits per heavy atom. The Kier molecular flexibility index (Phi) is 3.76. The molecule has 0 aliphatic heterocycles. The minimum absolute atomic E-state index is 0.0184. The van der Waals surface area contributed by atoms with Crippen LogP contribution in [-0.2, 0) is 0 Å². The van der Waals surface area contributed by atoms with Crippen molar-refractivity contribution in [2.75, 3.05) is 7.11 Å². The molecule has 0 N–H and O–H groups in total. The summed E-state index contributed by atoms with van der Waals surface area (Å²) in [5.74, 6) is -1.56. The Balaban J connectivity index is 2.86. The van der Waals surface area contributed by atoms with Gasteiger partial charge in [0.25, 0.3) is 0 Å². The summed E-state index contributed by atoms with van der Waals surface area (Å²) in [7, 11) is 1.29. The van der Waals surface area contributed by atoms with Gasteiger partial charge < -0.3 is 4.74 Å². The normalized spacial score (nSPS) is 10.1. The molecule has 19 heavy (non-hydrogen) atoms. The maximum absolute atomic E-state index is 14.2. The van der Waals surface area contributed by atoms with Crippen LogP contribution in [0.5, 0.6) is 5.75 Å². The van der Waals surface area contributed by atoms with Crippen molar-refractivity contribution in [3.8, 4) is 22.9 Å². The molecule has 0 spiro atoms. The third kappa shape index (κ3) is 2.29. The van der Waals surface area contributed by atoms with E-state index in [0.29, 0.717) is 0 Å².